The highest BCUT2D eigenvalue weighted by Gasteiger charge is 2.28. The number of aromatic amines is 1. The van der Waals surface area contributed by atoms with Crippen LogP contribution < -0.4 is 0 Å². The summed E-state index contributed by atoms with van der Waals surface area (Å²) < 4.78 is 0. The Morgan fingerprint density at radius 1 is 1.33 bits per heavy atom. The Balaban J connectivity index is 1.45. The number of likely N-dealkylation sites (tertiary alicyclic amines) is 1. The lowest BCUT2D eigenvalue weighted by Crippen LogP contribution is -2.39. The van der Waals surface area contributed by atoms with Crippen LogP contribution in [-0.2, 0) is 12.8 Å². The fourth-order valence-corrected chi connectivity index (χ4v) is 4.58. The number of thiazole rings is 1. The minimum Gasteiger partial charge on any atom is -0.337 e. The van der Waals surface area contributed by atoms with Crippen molar-refractivity contribution in [3.63, 3.8) is 0 Å². The number of nitrogens with one attached hydrogen (secondary N) is 1. The number of H-pyrrole nitrogens is 1. The van der Waals surface area contributed by atoms with E-state index in [0.717, 1.165) is 43.8 Å². The Bertz CT molecular complexity index is 902. The van der Waals surface area contributed by atoms with Gasteiger partial charge in [0.05, 0.1) is 11.2 Å². The molecule has 0 saturated carbocycles. The second kappa shape index (κ2) is 8.05. The average Bonchev–Trinajstić information content (AvgIpc) is 3.37. The number of rotatable bonds is 5. The molecule has 1 saturated heterocycles. The molecule has 0 aliphatic carbocycles. The number of carbonyl (C=O) groups is 1. The predicted octanol–water partition coefficient (Wildman–Crippen LogP) is 4.04. The number of hydrogen-bond acceptors (Lipinski definition) is 4. The van der Waals surface area contributed by atoms with Crippen molar-refractivity contribution in [3.8, 4) is 0 Å². The third kappa shape index (κ3) is 3.95. The van der Waals surface area contributed by atoms with E-state index < -0.39 is 0 Å². The molecular formula is C21H24N4OS. The molecule has 1 fully saturated rings. The number of amides is 1. The summed E-state index contributed by atoms with van der Waals surface area (Å²) in [5.74, 6) is 0.385. The van der Waals surface area contributed by atoms with Gasteiger partial charge in [0.2, 0.25) is 0 Å². The zero-order valence-electron chi connectivity index (χ0n) is 15.5. The summed E-state index contributed by atoms with van der Waals surface area (Å²) in [4.78, 5) is 19.5. The average molecular weight is 381 g/mol. The first kappa shape index (κ1) is 17.9. The molecule has 1 N–H and O–H groups in total. The molecule has 1 atom stereocenters. The van der Waals surface area contributed by atoms with E-state index >= 15 is 0 Å². The van der Waals surface area contributed by atoms with E-state index in [1.807, 2.05) is 34.7 Å². The summed E-state index contributed by atoms with van der Waals surface area (Å²) in [6.45, 7) is 3.68. The molecule has 140 valence electrons. The van der Waals surface area contributed by atoms with Crippen molar-refractivity contribution in [2.75, 3.05) is 13.1 Å². The smallest absolute Gasteiger partial charge is 0.273 e. The molecule has 0 spiro atoms. The van der Waals surface area contributed by atoms with E-state index in [1.165, 1.54) is 16.8 Å². The molecule has 1 aromatic carbocycles. The summed E-state index contributed by atoms with van der Waals surface area (Å²) in [6, 6.07) is 10.3. The lowest BCUT2D eigenvalue weighted by atomic mass is 9.92. The maximum atomic E-state index is 13.0. The fourth-order valence-electron chi connectivity index (χ4n) is 3.78. The second-order valence-corrected chi connectivity index (χ2v) is 7.98. The monoisotopic (exact) mass is 380 g/mol. The van der Waals surface area contributed by atoms with E-state index in [-0.39, 0.29) is 5.91 Å². The van der Waals surface area contributed by atoms with Gasteiger partial charge in [0.15, 0.2) is 0 Å². The van der Waals surface area contributed by atoms with Gasteiger partial charge in [0.25, 0.3) is 5.91 Å². The van der Waals surface area contributed by atoms with Gasteiger partial charge in [-0.25, -0.2) is 4.98 Å². The van der Waals surface area contributed by atoms with Gasteiger partial charge in [-0.1, -0.05) is 37.3 Å². The highest BCUT2D eigenvalue weighted by Crippen LogP contribution is 2.29. The van der Waals surface area contributed by atoms with Crippen molar-refractivity contribution in [2.45, 2.75) is 38.5 Å². The number of benzene rings is 1. The number of aromatic nitrogens is 3. The fraction of sp³-hybridized carbons (Fsp3) is 0.381. The minimum absolute atomic E-state index is 0.0489. The van der Waals surface area contributed by atoms with Crippen LogP contribution in [0, 0.1) is 0 Å². The first-order chi connectivity index (χ1) is 13.2. The SMILES string of the molecule is CCc1cn[nH]c1[C@@H]1CCCN(C(=O)c2csc(Cc3ccccc3)n2)C1. The Kier molecular flexibility index (Phi) is 5.34. The lowest BCUT2D eigenvalue weighted by Gasteiger charge is -2.32. The molecule has 5 nitrogen and oxygen atoms in total. The molecule has 1 amide bonds. The Morgan fingerprint density at radius 3 is 3.00 bits per heavy atom. The maximum Gasteiger partial charge on any atom is 0.273 e. The maximum absolute atomic E-state index is 13.0. The van der Waals surface area contributed by atoms with Crippen molar-refractivity contribution in [1.82, 2.24) is 20.1 Å². The van der Waals surface area contributed by atoms with Crippen LogP contribution in [0.2, 0.25) is 0 Å². The van der Waals surface area contributed by atoms with Crippen molar-refractivity contribution < 1.29 is 4.79 Å². The van der Waals surface area contributed by atoms with Crippen molar-refractivity contribution in [1.29, 1.82) is 0 Å². The minimum atomic E-state index is 0.0489. The molecule has 0 bridgehead atoms. The van der Waals surface area contributed by atoms with Gasteiger partial charge in [0.1, 0.15) is 5.69 Å². The Hall–Kier alpha value is -2.47. The number of piperidine rings is 1. The van der Waals surface area contributed by atoms with Crippen LogP contribution in [0.5, 0.6) is 0 Å². The lowest BCUT2D eigenvalue weighted by molar-refractivity contribution is 0.0700. The first-order valence-corrected chi connectivity index (χ1v) is 10.4. The number of carbonyl (C=O) groups excluding carboxylic acids is 1. The van der Waals surface area contributed by atoms with Crippen molar-refractivity contribution in [3.05, 3.63) is 69.4 Å². The summed E-state index contributed by atoms with van der Waals surface area (Å²) in [5.41, 5.74) is 4.24. The third-order valence-electron chi connectivity index (χ3n) is 5.22. The van der Waals surface area contributed by atoms with Crippen LogP contribution in [-0.4, -0.2) is 39.1 Å². The van der Waals surface area contributed by atoms with Crippen LogP contribution in [0.1, 0.15) is 58.0 Å². The molecule has 1 aliphatic heterocycles. The normalized spacial score (nSPS) is 17.2. The van der Waals surface area contributed by atoms with Crippen molar-refractivity contribution >= 4 is 17.2 Å². The van der Waals surface area contributed by atoms with Crippen LogP contribution in [0.4, 0.5) is 0 Å². The van der Waals surface area contributed by atoms with Gasteiger partial charge in [-0.05, 0) is 30.4 Å². The molecule has 0 unspecified atom stereocenters. The Labute approximate surface area is 163 Å². The summed E-state index contributed by atoms with van der Waals surface area (Å²) >= 11 is 1.57. The quantitative estimate of drug-likeness (QED) is 0.727. The third-order valence-corrected chi connectivity index (χ3v) is 6.07. The molecule has 2 aromatic heterocycles. The zero-order valence-corrected chi connectivity index (χ0v) is 16.3. The van der Waals surface area contributed by atoms with Gasteiger partial charge >= 0.3 is 0 Å². The van der Waals surface area contributed by atoms with Gasteiger partial charge < -0.3 is 4.90 Å². The molecule has 1 aliphatic rings. The molecule has 4 rings (SSSR count). The molecule has 27 heavy (non-hydrogen) atoms. The van der Waals surface area contributed by atoms with E-state index in [2.05, 4.69) is 34.2 Å². The summed E-state index contributed by atoms with van der Waals surface area (Å²) in [6.07, 6.45) is 5.75. The highest BCUT2D eigenvalue weighted by atomic mass is 32.1. The highest BCUT2D eigenvalue weighted by molar-refractivity contribution is 7.09. The predicted molar refractivity (Wildman–Crippen MR) is 107 cm³/mol. The van der Waals surface area contributed by atoms with Crippen molar-refractivity contribution in [2.24, 2.45) is 0 Å². The standard InChI is InChI=1S/C21H24N4OS/c1-2-16-12-22-24-20(16)17-9-6-10-25(13-17)21(26)18-14-27-19(23-18)11-15-7-4-3-5-8-15/h3-5,7-8,12,14,17H,2,6,9-11,13H2,1H3,(H,22,24)/t17-/m1/s1. The molecule has 3 aromatic rings. The largest absolute Gasteiger partial charge is 0.337 e. The van der Waals surface area contributed by atoms with Gasteiger partial charge in [-0.15, -0.1) is 11.3 Å². The van der Waals surface area contributed by atoms with Crippen LogP contribution in [0.25, 0.3) is 0 Å². The van der Waals surface area contributed by atoms with Gasteiger partial charge in [-0.3, -0.25) is 9.89 Å². The molecular weight excluding hydrogens is 356 g/mol. The van der Waals surface area contributed by atoms with E-state index in [1.54, 1.807) is 11.3 Å². The molecule has 0 radical (unpaired) electrons. The second-order valence-electron chi connectivity index (χ2n) is 7.04. The summed E-state index contributed by atoms with van der Waals surface area (Å²) in [5, 5.41) is 10.2. The number of hydrogen-bond donors (Lipinski definition) is 1. The van der Waals surface area contributed by atoms with Gasteiger partial charge in [0, 0.05) is 36.5 Å². The van der Waals surface area contributed by atoms with E-state index in [4.69, 9.17) is 0 Å². The topological polar surface area (TPSA) is 61.9 Å². The summed E-state index contributed by atoms with van der Waals surface area (Å²) in [7, 11) is 0. The molecule has 3 heterocycles. The van der Waals surface area contributed by atoms with Gasteiger partial charge in [-0.2, -0.15) is 5.10 Å². The first-order valence-electron chi connectivity index (χ1n) is 9.54. The zero-order chi connectivity index (χ0) is 18.6. The molecule has 6 heteroatoms. The Morgan fingerprint density at radius 2 is 2.19 bits per heavy atom. The van der Waals surface area contributed by atoms with E-state index in [9.17, 15) is 4.79 Å². The van der Waals surface area contributed by atoms with Crippen LogP contribution in [0.15, 0.2) is 41.9 Å². The number of aryl methyl sites for hydroxylation is 1. The van der Waals surface area contributed by atoms with Crippen LogP contribution >= 0.6 is 11.3 Å². The van der Waals surface area contributed by atoms with E-state index in [0.29, 0.717) is 11.6 Å². The number of nitrogens with zero attached hydrogens (tertiary/aromatic N) is 3. The van der Waals surface area contributed by atoms with Crippen LogP contribution in [0.3, 0.4) is 0 Å².